The van der Waals surface area contributed by atoms with Crippen molar-refractivity contribution in [1.82, 2.24) is 0 Å². The molecule has 1 aromatic carbocycles. The predicted molar refractivity (Wildman–Crippen MR) is 77.4 cm³/mol. The number of hydrogen-bond donors (Lipinski definition) is 1. The minimum Gasteiger partial charge on any atom is -0.325 e. The van der Waals surface area contributed by atoms with Crippen molar-refractivity contribution in [2.45, 2.75) is 12.8 Å². The Balaban J connectivity index is 1.93. The third kappa shape index (κ3) is 3.82. The predicted octanol–water partition coefficient (Wildman–Crippen LogP) is 3.84. The molecule has 0 bridgehead atoms. The zero-order valence-electron chi connectivity index (χ0n) is 10.0. The summed E-state index contributed by atoms with van der Waals surface area (Å²) in [6.45, 7) is 0. The molecule has 1 aromatic heterocycles. The van der Waals surface area contributed by atoms with Crippen molar-refractivity contribution in [2.24, 2.45) is 0 Å². The zero-order valence-corrected chi connectivity index (χ0v) is 11.6. The first-order valence-corrected chi connectivity index (χ1v) is 6.91. The summed E-state index contributed by atoms with van der Waals surface area (Å²) in [7, 11) is 0. The van der Waals surface area contributed by atoms with E-state index in [1.54, 1.807) is 24.3 Å². The number of nitriles is 1. The van der Waals surface area contributed by atoms with E-state index in [2.05, 4.69) is 5.32 Å². The third-order valence-electron chi connectivity index (χ3n) is 2.55. The summed E-state index contributed by atoms with van der Waals surface area (Å²) >= 11 is 7.30. The average Bonchev–Trinajstić information content (AvgIpc) is 2.83. The second-order valence-electron chi connectivity index (χ2n) is 3.91. The molecule has 0 aliphatic carbocycles. The number of carbonyl (C=O) groups excluding carboxylic acids is 1. The van der Waals surface area contributed by atoms with Crippen LogP contribution >= 0.6 is 22.9 Å². The molecule has 2 rings (SSSR count). The number of anilines is 1. The van der Waals surface area contributed by atoms with Crippen LogP contribution in [0.3, 0.4) is 0 Å². The molecule has 1 N–H and O–H groups in total. The van der Waals surface area contributed by atoms with Crippen LogP contribution in [0, 0.1) is 11.3 Å². The Bertz CT molecular complexity index is 630. The molecule has 5 heteroatoms. The minimum atomic E-state index is -0.104. The number of amides is 1. The summed E-state index contributed by atoms with van der Waals surface area (Å²) in [6.07, 6.45) is 1.02. The van der Waals surface area contributed by atoms with Crippen molar-refractivity contribution in [2.75, 3.05) is 5.32 Å². The molecule has 0 aliphatic heterocycles. The number of rotatable bonds is 4. The number of para-hydroxylation sites is 1. The standard InChI is InChI=1S/C14H11ClN2OS/c15-13-7-5-11(19-13)6-8-14(18)17-12-4-2-1-3-10(12)9-16/h1-5,7H,6,8H2,(H,17,18). The quantitative estimate of drug-likeness (QED) is 0.930. The van der Waals surface area contributed by atoms with Crippen molar-refractivity contribution in [3.8, 4) is 6.07 Å². The molecule has 0 aliphatic rings. The molecule has 2 aromatic rings. The Kier molecular flexibility index (Phi) is 4.56. The van der Waals surface area contributed by atoms with Crippen LogP contribution in [0.1, 0.15) is 16.9 Å². The molecule has 3 nitrogen and oxygen atoms in total. The van der Waals surface area contributed by atoms with Crippen molar-refractivity contribution < 1.29 is 4.79 Å². The average molecular weight is 291 g/mol. The molecule has 1 amide bonds. The van der Waals surface area contributed by atoms with E-state index >= 15 is 0 Å². The Morgan fingerprint density at radius 2 is 2.11 bits per heavy atom. The van der Waals surface area contributed by atoms with Crippen molar-refractivity contribution >= 4 is 34.5 Å². The van der Waals surface area contributed by atoms with Crippen LogP contribution in [0.5, 0.6) is 0 Å². The van der Waals surface area contributed by atoms with Gasteiger partial charge in [0.25, 0.3) is 0 Å². The van der Waals surface area contributed by atoms with Gasteiger partial charge >= 0.3 is 0 Å². The summed E-state index contributed by atoms with van der Waals surface area (Å²) < 4.78 is 0.727. The van der Waals surface area contributed by atoms with Crippen molar-refractivity contribution in [1.29, 1.82) is 5.26 Å². The SMILES string of the molecule is N#Cc1ccccc1NC(=O)CCc1ccc(Cl)s1. The Labute approximate surface area is 120 Å². The number of benzene rings is 1. The monoisotopic (exact) mass is 290 g/mol. The normalized spacial score (nSPS) is 9.89. The van der Waals surface area contributed by atoms with Gasteiger partial charge in [-0.3, -0.25) is 4.79 Å². The molecule has 0 saturated heterocycles. The topological polar surface area (TPSA) is 52.9 Å². The van der Waals surface area contributed by atoms with Gasteiger partial charge in [-0.05, 0) is 30.7 Å². The van der Waals surface area contributed by atoms with Crippen LogP contribution in [0.2, 0.25) is 4.34 Å². The molecule has 1 heterocycles. The maximum atomic E-state index is 11.8. The lowest BCUT2D eigenvalue weighted by Gasteiger charge is -2.06. The lowest BCUT2D eigenvalue weighted by Crippen LogP contribution is -2.12. The number of halogens is 1. The maximum absolute atomic E-state index is 11.8. The van der Waals surface area contributed by atoms with Crippen LogP contribution in [0.4, 0.5) is 5.69 Å². The van der Waals surface area contributed by atoms with Crippen LogP contribution in [0.25, 0.3) is 0 Å². The molecule has 0 radical (unpaired) electrons. The highest BCUT2D eigenvalue weighted by Crippen LogP contribution is 2.22. The van der Waals surface area contributed by atoms with Gasteiger partial charge in [-0.1, -0.05) is 23.7 Å². The van der Waals surface area contributed by atoms with Crippen molar-refractivity contribution in [3.05, 3.63) is 51.2 Å². The molecular weight excluding hydrogens is 280 g/mol. The van der Waals surface area contributed by atoms with Crippen LogP contribution in [-0.4, -0.2) is 5.91 Å². The minimum absolute atomic E-state index is 0.104. The Hall–Kier alpha value is -1.83. The summed E-state index contributed by atoms with van der Waals surface area (Å²) in [5.41, 5.74) is 1.02. The highest BCUT2D eigenvalue weighted by atomic mass is 35.5. The fraction of sp³-hybridized carbons (Fsp3) is 0.143. The number of aryl methyl sites for hydroxylation is 1. The lowest BCUT2D eigenvalue weighted by atomic mass is 10.2. The van der Waals surface area contributed by atoms with E-state index in [4.69, 9.17) is 16.9 Å². The fourth-order valence-electron chi connectivity index (χ4n) is 1.63. The van der Waals surface area contributed by atoms with E-state index in [0.717, 1.165) is 9.21 Å². The van der Waals surface area contributed by atoms with Crippen LogP contribution in [0.15, 0.2) is 36.4 Å². The number of hydrogen-bond acceptors (Lipinski definition) is 3. The van der Waals surface area contributed by atoms with E-state index in [1.165, 1.54) is 11.3 Å². The molecule has 96 valence electrons. The van der Waals surface area contributed by atoms with Gasteiger partial charge in [-0.25, -0.2) is 0 Å². The molecule has 0 atom stereocenters. The van der Waals surface area contributed by atoms with Gasteiger partial charge in [0.05, 0.1) is 15.6 Å². The van der Waals surface area contributed by atoms with E-state index in [1.807, 2.05) is 18.2 Å². The van der Waals surface area contributed by atoms with Crippen LogP contribution in [-0.2, 0) is 11.2 Å². The first-order valence-electron chi connectivity index (χ1n) is 5.72. The second-order valence-corrected chi connectivity index (χ2v) is 5.71. The number of carbonyl (C=O) groups is 1. The molecular formula is C14H11ClN2OS. The molecule has 0 spiro atoms. The summed E-state index contributed by atoms with van der Waals surface area (Å²) in [4.78, 5) is 12.9. The Morgan fingerprint density at radius 3 is 2.79 bits per heavy atom. The maximum Gasteiger partial charge on any atom is 0.224 e. The van der Waals surface area contributed by atoms with Gasteiger partial charge in [-0.2, -0.15) is 5.26 Å². The number of nitrogens with zero attached hydrogens (tertiary/aromatic N) is 1. The largest absolute Gasteiger partial charge is 0.325 e. The third-order valence-corrected chi connectivity index (χ3v) is 3.84. The van der Waals surface area contributed by atoms with Gasteiger partial charge in [0.15, 0.2) is 0 Å². The second kappa shape index (κ2) is 6.37. The summed E-state index contributed by atoms with van der Waals surface area (Å²) in [5.74, 6) is -0.104. The van der Waals surface area contributed by atoms with Gasteiger partial charge in [0.2, 0.25) is 5.91 Å². The molecule has 19 heavy (non-hydrogen) atoms. The van der Waals surface area contributed by atoms with E-state index < -0.39 is 0 Å². The first kappa shape index (κ1) is 13.6. The lowest BCUT2D eigenvalue weighted by molar-refractivity contribution is -0.116. The zero-order chi connectivity index (χ0) is 13.7. The van der Waals surface area contributed by atoms with E-state index in [9.17, 15) is 4.79 Å². The summed E-state index contributed by atoms with van der Waals surface area (Å²) in [6, 6.07) is 12.7. The number of thiophene rings is 1. The van der Waals surface area contributed by atoms with Crippen LogP contribution < -0.4 is 5.32 Å². The highest BCUT2D eigenvalue weighted by molar-refractivity contribution is 7.16. The van der Waals surface area contributed by atoms with E-state index in [0.29, 0.717) is 24.1 Å². The van der Waals surface area contributed by atoms with E-state index in [-0.39, 0.29) is 5.91 Å². The van der Waals surface area contributed by atoms with Crippen molar-refractivity contribution in [3.63, 3.8) is 0 Å². The van der Waals surface area contributed by atoms with Gasteiger partial charge in [0, 0.05) is 11.3 Å². The van der Waals surface area contributed by atoms with Gasteiger partial charge < -0.3 is 5.32 Å². The smallest absolute Gasteiger partial charge is 0.224 e. The molecule has 0 unspecified atom stereocenters. The molecule has 0 fully saturated rings. The highest BCUT2D eigenvalue weighted by Gasteiger charge is 2.07. The first-order chi connectivity index (χ1) is 9.19. The summed E-state index contributed by atoms with van der Waals surface area (Å²) in [5, 5.41) is 11.7. The van der Waals surface area contributed by atoms with Gasteiger partial charge in [-0.15, -0.1) is 11.3 Å². The number of nitrogens with one attached hydrogen (secondary N) is 1. The molecule has 0 saturated carbocycles. The Morgan fingerprint density at radius 1 is 1.32 bits per heavy atom. The van der Waals surface area contributed by atoms with Gasteiger partial charge in [0.1, 0.15) is 6.07 Å². The fourth-order valence-corrected chi connectivity index (χ4v) is 2.71.